The Labute approximate surface area is 166 Å². The number of amides is 1. The smallest absolute Gasteiger partial charge is 0.336 e. The minimum absolute atomic E-state index is 0.149. The summed E-state index contributed by atoms with van der Waals surface area (Å²) in [4.78, 5) is 37.0. The molecule has 1 aromatic heterocycles. The maximum Gasteiger partial charge on any atom is 0.431 e. The monoisotopic (exact) mass is 431 g/mol. The van der Waals surface area contributed by atoms with Crippen molar-refractivity contribution in [2.75, 3.05) is 0 Å². The molecule has 0 bridgehead atoms. The number of halogens is 5. The van der Waals surface area contributed by atoms with Crippen molar-refractivity contribution in [3.05, 3.63) is 61.1 Å². The van der Waals surface area contributed by atoms with Crippen molar-refractivity contribution in [2.45, 2.75) is 25.6 Å². The molecular weight excluding hydrogens is 418 g/mol. The first-order chi connectivity index (χ1) is 13.2. The van der Waals surface area contributed by atoms with Crippen LogP contribution >= 0.6 is 11.6 Å². The molecule has 0 fully saturated rings. The Hall–Kier alpha value is -3.06. The number of benzene rings is 1. The second kappa shape index (κ2) is 7.40. The fourth-order valence-electron chi connectivity index (χ4n) is 2.39. The second-order valence-corrected chi connectivity index (χ2v) is 6.96. The number of hydrogen-bond acceptors (Lipinski definition) is 3. The van der Waals surface area contributed by atoms with E-state index in [0.717, 1.165) is 13.1 Å². The lowest BCUT2D eigenvalue weighted by Gasteiger charge is -2.20. The zero-order valence-electron chi connectivity index (χ0n) is 15.3. The van der Waals surface area contributed by atoms with Gasteiger partial charge in [0.1, 0.15) is 11.5 Å². The van der Waals surface area contributed by atoms with Crippen LogP contribution in [0.2, 0.25) is 5.02 Å². The zero-order chi connectivity index (χ0) is 22.3. The highest BCUT2D eigenvalue weighted by Crippen LogP contribution is 2.27. The highest BCUT2D eigenvalue weighted by atomic mass is 35.5. The molecule has 6 nitrogen and oxygen atoms in total. The molecule has 1 heterocycles. The van der Waals surface area contributed by atoms with Crippen LogP contribution < -0.4 is 16.6 Å². The Morgan fingerprint density at radius 1 is 1.21 bits per heavy atom. The molecule has 0 spiro atoms. The predicted molar refractivity (Wildman–Crippen MR) is 97.6 cm³/mol. The van der Waals surface area contributed by atoms with Gasteiger partial charge in [0.15, 0.2) is 0 Å². The fraction of sp³-hybridized carbons (Fsp3) is 0.278. The quantitative estimate of drug-likeness (QED) is 0.599. The van der Waals surface area contributed by atoms with Crippen LogP contribution in [0.15, 0.2) is 27.8 Å². The normalized spacial score (nSPS) is 11.8. The minimum atomic E-state index is -4.98. The molecule has 0 saturated carbocycles. The average molecular weight is 432 g/mol. The summed E-state index contributed by atoms with van der Waals surface area (Å²) in [6.45, 7) is 3.00. The summed E-state index contributed by atoms with van der Waals surface area (Å²) in [7, 11) is 0.776. The molecule has 2 aromatic rings. The molecule has 1 amide bonds. The van der Waals surface area contributed by atoms with E-state index in [2.05, 4.69) is 11.2 Å². The van der Waals surface area contributed by atoms with Crippen molar-refractivity contribution in [3.63, 3.8) is 0 Å². The molecule has 154 valence electrons. The number of aromatic nitrogens is 2. The van der Waals surface area contributed by atoms with E-state index in [0.29, 0.717) is 6.07 Å². The lowest BCUT2D eigenvalue weighted by atomic mass is 10.1. The van der Waals surface area contributed by atoms with Crippen LogP contribution in [0, 0.1) is 18.2 Å². The van der Waals surface area contributed by atoms with Gasteiger partial charge in [0.25, 0.3) is 11.5 Å². The summed E-state index contributed by atoms with van der Waals surface area (Å²) >= 11 is 5.88. The fourth-order valence-corrected chi connectivity index (χ4v) is 2.63. The Morgan fingerprint density at radius 3 is 2.31 bits per heavy atom. The number of hydrogen-bond donors (Lipinski definition) is 1. The van der Waals surface area contributed by atoms with Gasteiger partial charge >= 0.3 is 11.9 Å². The first-order valence-electron chi connectivity index (χ1n) is 7.89. The zero-order valence-corrected chi connectivity index (χ0v) is 16.1. The van der Waals surface area contributed by atoms with Gasteiger partial charge in [-0.1, -0.05) is 17.5 Å². The summed E-state index contributed by atoms with van der Waals surface area (Å²) < 4.78 is 53.7. The molecule has 0 radical (unpaired) electrons. The van der Waals surface area contributed by atoms with Gasteiger partial charge in [-0.3, -0.25) is 14.2 Å². The Kier molecular flexibility index (Phi) is 5.68. The number of carbonyl (C=O) groups excluding carboxylic acids is 1. The molecule has 0 aliphatic carbocycles. The van der Waals surface area contributed by atoms with Gasteiger partial charge in [-0.15, -0.1) is 6.42 Å². The van der Waals surface area contributed by atoms with E-state index in [9.17, 15) is 31.9 Å². The van der Waals surface area contributed by atoms with Crippen molar-refractivity contribution >= 4 is 17.5 Å². The van der Waals surface area contributed by atoms with E-state index in [1.807, 2.05) is 0 Å². The Morgan fingerprint density at radius 2 is 1.79 bits per heavy atom. The first kappa shape index (κ1) is 22.2. The molecule has 29 heavy (non-hydrogen) atoms. The topological polar surface area (TPSA) is 73.1 Å². The number of terminal acetylenes is 1. The van der Waals surface area contributed by atoms with E-state index in [1.165, 1.54) is 13.8 Å². The van der Waals surface area contributed by atoms with E-state index >= 15 is 0 Å². The largest absolute Gasteiger partial charge is 0.431 e. The molecular formula is C18H14ClF4N3O3. The molecule has 1 aromatic carbocycles. The van der Waals surface area contributed by atoms with Gasteiger partial charge in [0, 0.05) is 13.1 Å². The summed E-state index contributed by atoms with van der Waals surface area (Å²) in [6, 6.07) is 1.60. The van der Waals surface area contributed by atoms with Gasteiger partial charge in [-0.05, 0) is 26.0 Å². The van der Waals surface area contributed by atoms with Crippen LogP contribution in [-0.4, -0.2) is 20.6 Å². The van der Waals surface area contributed by atoms with Gasteiger partial charge < -0.3 is 5.32 Å². The van der Waals surface area contributed by atoms with Gasteiger partial charge in [-0.2, -0.15) is 13.2 Å². The molecule has 1 N–H and O–H groups in total. The van der Waals surface area contributed by atoms with E-state index < -0.39 is 46.1 Å². The maximum atomic E-state index is 14.4. The van der Waals surface area contributed by atoms with Crippen LogP contribution in [0.4, 0.5) is 17.6 Å². The van der Waals surface area contributed by atoms with Gasteiger partial charge in [0.05, 0.1) is 21.8 Å². The van der Waals surface area contributed by atoms with E-state index in [1.54, 1.807) is 0 Å². The Balaban J connectivity index is 2.74. The Bertz CT molecular complexity index is 1160. The van der Waals surface area contributed by atoms with Crippen molar-refractivity contribution < 1.29 is 22.4 Å². The summed E-state index contributed by atoms with van der Waals surface area (Å²) in [6.07, 6.45) is 0.307. The highest BCUT2D eigenvalue weighted by molar-refractivity contribution is 6.34. The van der Waals surface area contributed by atoms with Gasteiger partial charge in [-0.25, -0.2) is 13.8 Å². The van der Waals surface area contributed by atoms with Crippen LogP contribution in [-0.2, 0) is 13.2 Å². The third-order valence-electron chi connectivity index (χ3n) is 3.92. The molecule has 2 rings (SSSR count). The lowest BCUT2D eigenvalue weighted by molar-refractivity contribution is -0.144. The predicted octanol–water partition coefficient (Wildman–Crippen LogP) is 2.49. The highest BCUT2D eigenvalue weighted by Gasteiger charge is 2.35. The van der Waals surface area contributed by atoms with Crippen LogP contribution in [0.1, 0.15) is 29.9 Å². The summed E-state index contributed by atoms with van der Waals surface area (Å²) in [5.74, 6) is 0.271. The third kappa shape index (κ3) is 4.35. The van der Waals surface area contributed by atoms with Crippen molar-refractivity contribution in [2.24, 2.45) is 7.05 Å². The summed E-state index contributed by atoms with van der Waals surface area (Å²) in [5, 5.41) is 2.08. The molecule has 0 unspecified atom stereocenters. The number of rotatable bonds is 3. The maximum absolute atomic E-state index is 14.4. The average Bonchev–Trinajstić information content (AvgIpc) is 2.58. The van der Waals surface area contributed by atoms with Crippen LogP contribution in [0.3, 0.4) is 0 Å². The first-order valence-corrected chi connectivity index (χ1v) is 8.27. The molecule has 0 saturated heterocycles. The van der Waals surface area contributed by atoms with Crippen molar-refractivity contribution in [1.29, 1.82) is 0 Å². The number of nitrogens with zero attached hydrogens (tertiary/aromatic N) is 2. The standard InChI is InChI=1S/C18H14ClF4N3O3/c1-5-17(2,3)24-15(28)9-6-12(11(20)7-10(9)19)26-14(27)8-13(18(21,22)23)25(4)16(26)29/h1,6-8H,2-4H3,(H,24,28). The lowest BCUT2D eigenvalue weighted by Crippen LogP contribution is -2.43. The van der Waals surface area contributed by atoms with Crippen molar-refractivity contribution in [1.82, 2.24) is 14.5 Å². The van der Waals surface area contributed by atoms with Crippen LogP contribution in [0.25, 0.3) is 5.69 Å². The van der Waals surface area contributed by atoms with Crippen molar-refractivity contribution in [3.8, 4) is 18.0 Å². The molecule has 0 atom stereocenters. The number of nitrogens with one attached hydrogen (secondary N) is 1. The number of carbonyl (C=O) groups is 1. The second-order valence-electron chi connectivity index (χ2n) is 6.55. The minimum Gasteiger partial charge on any atom is -0.336 e. The molecule has 0 aliphatic rings. The number of alkyl halides is 3. The third-order valence-corrected chi connectivity index (χ3v) is 4.23. The van der Waals surface area contributed by atoms with Crippen LogP contribution in [0.5, 0.6) is 0 Å². The van der Waals surface area contributed by atoms with E-state index in [-0.39, 0.29) is 25.8 Å². The van der Waals surface area contributed by atoms with Gasteiger partial charge in [0.2, 0.25) is 0 Å². The molecule has 11 heteroatoms. The summed E-state index contributed by atoms with van der Waals surface area (Å²) in [5.41, 5.74) is -6.57. The van der Waals surface area contributed by atoms with E-state index in [4.69, 9.17) is 18.0 Å². The molecule has 0 aliphatic heterocycles. The SMILES string of the molecule is C#CC(C)(C)NC(=O)c1cc(-n2c(=O)cc(C(F)(F)F)n(C)c2=O)c(F)cc1Cl.